The Morgan fingerprint density at radius 2 is 1.85 bits per heavy atom. The fourth-order valence-corrected chi connectivity index (χ4v) is 3.76. The van der Waals surface area contributed by atoms with Crippen LogP contribution in [0, 0.1) is 12.8 Å². The van der Waals surface area contributed by atoms with Gasteiger partial charge in [-0.3, -0.25) is 9.36 Å². The standard InChI is InChI=1S/C22H24N4O/c1-17-6-5-7-19(14-17)22(27)25-12-10-18(11-13-25)15-21-24-23-16-26(21)20-8-3-2-4-9-20/h2-9,14,16,18H,10-13,15H2,1H3. The highest BCUT2D eigenvalue weighted by atomic mass is 16.2. The predicted octanol–water partition coefficient (Wildman–Crippen LogP) is 3.67. The van der Waals surface area contributed by atoms with Crippen LogP contribution in [0.5, 0.6) is 0 Å². The van der Waals surface area contributed by atoms with Crippen molar-refractivity contribution in [1.29, 1.82) is 0 Å². The first kappa shape index (κ1) is 17.5. The second-order valence-electron chi connectivity index (χ2n) is 7.26. The Hall–Kier alpha value is -2.95. The number of para-hydroxylation sites is 1. The first-order valence-corrected chi connectivity index (χ1v) is 9.51. The highest BCUT2D eigenvalue weighted by molar-refractivity contribution is 5.94. The van der Waals surface area contributed by atoms with Crippen molar-refractivity contribution in [3.05, 3.63) is 77.9 Å². The van der Waals surface area contributed by atoms with Gasteiger partial charge in [0.05, 0.1) is 0 Å². The van der Waals surface area contributed by atoms with Gasteiger partial charge in [0.15, 0.2) is 0 Å². The molecule has 0 saturated carbocycles. The van der Waals surface area contributed by atoms with E-state index in [0.29, 0.717) is 5.92 Å². The summed E-state index contributed by atoms with van der Waals surface area (Å²) >= 11 is 0. The molecule has 0 bridgehead atoms. The van der Waals surface area contributed by atoms with Crippen LogP contribution in [-0.2, 0) is 6.42 Å². The molecule has 1 amide bonds. The zero-order valence-electron chi connectivity index (χ0n) is 15.6. The van der Waals surface area contributed by atoms with Crippen LogP contribution in [0.4, 0.5) is 0 Å². The van der Waals surface area contributed by atoms with E-state index >= 15 is 0 Å². The van der Waals surface area contributed by atoms with E-state index in [-0.39, 0.29) is 5.91 Å². The molecular formula is C22H24N4O. The molecule has 4 rings (SSSR count). The number of aryl methyl sites for hydroxylation is 1. The van der Waals surface area contributed by atoms with Crippen LogP contribution in [0.2, 0.25) is 0 Å². The van der Waals surface area contributed by atoms with E-state index in [2.05, 4.69) is 26.9 Å². The van der Waals surface area contributed by atoms with Crippen LogP contribution in [0.1, 0.15) is 34.6 Å². The van der Waals surface area contributed by atoms with Crippen molar-refractivity contribution in [3.63, 3.8) is 0 Å². The minimum Gasteiger partial charge on any atom is -0.339 e. The maximum atomic E-state index is 12.7. The number of rotatable bonds is 4. The lowest BCUT2D eigenvalue weighted by Crippen LogP contribution is -2.39. The van der Waals surface area contributed by atoms with Gasteiger partial charge >= 0.3 is 0 Å². The molecule has 0 spiro atoms. The number of hydrogen-bond donors (Lipinski definition) is 0. The Bertz CT molecular complexity index is 911. The summed E-state index contributed by atoms with van der Waals surface area (Å²) in [6.07, 6.45) is 4.67. The molecule has 2 aromatic carbocycles. The molecule has 1 aliphatic rings. The number of likely N-dealkylation sites (tertiary alicyclic amines) is 1. The first-order chi connectivity index (χ1) is 13.2. The Morgan fingerprint density at radius 1 is 1.07 bits per heavy atom. The minimum absolute atomic E-state index is 0.143. The topological polar surface area (TPSA) is 51.0 Å². The van der Waals surface area contributed by atoms with Crippen molar-refractivity contribution in [1.82, 2.24) is 19.7 Å². The number of nitrogens with zero attached hydrogens (tertiary/aromatic N) is 4. The number of amides is 1. The van der Waals surface area contributed by atoms with Gasteiger partial charge in [0.25, 0.3) is 5.91 Å². The maximum absolute atomic E-state index is 12.7. The minimum atomic E-state index is 0.143. The largest absolute Gasteiger partial charge is 0.339 e. The van der Waals surface area contributed by atoms with Crippen LogP contribution in [-0.4, -0.2) is 38.7 Å². The number of benzene rings is 2. The summed E-state index contributed by atoms with van der Waals surface area (Å²) < 4.78 is 2.06. The predicted molar refractivity (Wildman–Crippen MR) is 105 cm³/mol. The molecule has 5 nitrogen and oxygen atoms in total. The number of aromatic nitrogens is 3. The summed E-state index contributed by atoms with van der Waals surface area (Å²) in [5.74, 6) is 1.66. The Labute approximate surface area is 159 Å². The van der Waals surface area contributed by atoms with E-state index in [9.17, 15) is 4.79 Å². The lowest BCUT2D eigenvalue weighted by Gasteiger charge is -2.32. The lowest BCUT2D eigenvalue weighted by molar-refractivity contribution is 0.0689. The Morgan fingerprint density at radius 3 is 2.59 bits per heavy atom. The monoisotopic (exact) mass is 360 g/mol. The molecule has 1 fully saturated rings. The van der Waals surface area contributed by atoms with Gasteiger partial charge in [-0.15, -0.1) is 10.2 Å². The van der Waals surface area contributed by atoms with Gasteiger partial charge in [0.2, 0.25) is 0 Å². The molecule has 1 saturated heterocycles. The van der Waals surface area contributed by atoms with E-state index in [1.165, 1.54) is 0 Å². The highest BCUT2D eigenvalue weighted by Gasteiger charge is 2.25. The summed E-state index contributed by atoms with van der Waals surface area (Å²) in [5, 5.41) is 8.43. The van der Waals surface area contributed by atoms with Crippen molar-refractivity contribution < 1.29 is 4.79 Å². The van der Waals surface area contributed by atoms with Gasteiger partial charge in [-0.1, -0.05) is 35.9 Å². The molecule has 27 heavy (non-hydrogen) atoms. The average Bonchev–Trinajstić information content (AvgIpc) is 3.17. The highest BCUT2D eigenvalue weighted by Crippen LogP contribution is 2.23. The lowest BCUT2D eigenvalue weighted by atomic mass is 9.92. The average molecular weight is 360 g/mol. The maximum Gasteiger partial charge on any atom is 0.253 e. The molecule has 0 radical (unpaired) electrons. The second kappa shape index (κ2) is 7.74. The molecule has 1 aliphatic heterocycles. The van der Waals surface area contributed by atoms with Crippen LogP contribution < -0.4 is 0 Å². The van der Waals surface area contributed by atoms with Crippen molar-refractivity contribution >= 4 is 5.91 Å². The van der Waals surface area contributed by atoms with Gasteiger partial charge in [0.1, 0.15) is 12.2 Å². The van der Waals surface area contributed by atoms with Gasteiger partial charge in [0, 0.05) is 30.8 Å². The van der Waals surface area contributed by atoms with E-state index in [0.717, 1.165) is 55.0 Å². The Balaban J connectivity index is 1.38. The van der Waals surface area contributed by atoms with Gasteiger partial charge in [-0.05, 0) is 49.9 Å². The third-order valence-corrected chi connectivity index (χ3v) is 5.29. The second-order valence-corrected chi connectivity index (χ2v) is 7.26. The molecule has 0 unspecified atom stereocenters. The number of piperidine rings is 1. The van der Waals surface area contributed by atoms with Crippen LogP contribution in [0.25, 0.3) is 5.69 Å². The number of hydrogen-bond acceptors (Lipinski definition) is 3. The Kier molecular flexibility index (Phi) is 5.01. The van der Waals surface area contributed by atoms with E-state index < -0.39 is 0 Å². The van der Waals surface area contributed by atoms with Crippen LogP contribution in [0.3, 0.4) is 0 Å². The molecule has 5 heteroatoms. The van der Waals surface area contributed by atoms with Gasteiger partial charge in [-0.2, -0.15) is 0 Å². The van der Waals surface area contributed by atoms with Crippen molar-refractivity contribution in [2.45, 2.75) is 26.2 Å². The van der Waals surface area contributed by atoms with E-state index in [4.69, 9.17) is 0 Å². The third kappa shape index (κ3) is 3.92. The number of carbonyl (C=O) groups is 1. The summed E-state index contributed by atoms with van der Waals surface area (Å²) in [6, 6.07) is 18.0. The quantitative estimate of drug-likeness (QED) is 0.713. The summed E-state index contributed by atoms with van der Waals surface area (Å²) in [4.78, 5) is 14.7. The third-order valence-electron chi connectivity index (χ3n) is 5.29. The molecular weight excluding hydrogens is 336 g/mol. The van der Waals surface area contributed by atoms with E-state index in [1.807, 2.05) is 54.3 Å². The van der Waals surface area contributed by atoms with Gasteiger partial charge in [-0.25, -0.2) is 0 Å². The molecule has 0 aliphatic carbocycles. The van der Waals surface area contributed by atoms with Gasteiger partial charge < -0.3 is 4.90 Å². The zero-order chi connectivity index (χ0) is 18.6. The molecule has 0 atom stereocenters. The van der Waals surface area contributed by atoms with Crippen molar-refractivity contribution in [2.75, 3.05) is 13.1 Å². The van der Waals surface area contributed by atoms with Crippen LogP contribution >= 0.6 is 0 Å². The number of carbonyl (C=O) groups excluding carboxylic acids is 1. The molecule has 2 heterocycles. The SMILES string of the molecule is Cc1cccc(C(=O)N2CCC(Cc3nncn3-c3ccccc3)CC2)c1. The fraction of sp³-hybridized carbons (Fsp3) is 0.318. The molecule has 138 valence electrons. The summed E-state index contributed by atoms with van der Waals surface area (Å²) in [5.41, 5.74) is 3.00. The zero-order valence-corrected chi connectivity index (χ0v) is 15.6. The van der Waals surface area contributed by atoms with Crippen molar-refractivity contribution in [3.8, 4) is 5.69 Å². The molecule has 0 N–H and O–H groups in total. The van der Waals surface area contributed by atoms with Crippen LogP contribution in [0.15, 0.2) is 60.9 Å². The molecule has 3 aromatic rings. The van der Waals surface area contributed by atoms with E-state index in [1.54, 1.807) is 6.33 Å². The molecule has 1 aromatic heterocycles. The normalized spacial score (nSPS) is 15.1. The summed E-state index contributed by atoms with van der Waals surface area (Å²) in [6.45, 7) is 3.62. The smallest absolute Gasteiger partial charge is 0.253 e. The summed E-state index contributed by atoms with van der Waals surface area (Å²) in [7, 11) is 0. The fourth-order valence-electron chi connectivity index (χ4n) is 3.76. The van der Waals surface area contributed by atoms with Crippen molar-refractivity contribution in [2.24, 2.45) is 5.92 Å². The first-order valence-electron chi connectivity index (χ1n) is 9.51.